The van der Waals surface area contributed by atoms with Crippen LogP contribution in [0, 0.1) is 5.92 Å². The maximum absolute atomic E-state index is 13.4. The normalized spacial score (nSPS) is 13.9. The number of H-pyrrole nitrogens is 1. The van der Waals surface area contributed by atoms with Gasteiger partial charge >= 0.3 is 5.97 Å². The van der Waals surface area contributed by atoms with E-state index in [9.17, 15) is 29.1 Å². The van der Waals surface area contributed by atoms with Crippen molar-refractivity contribution in [1.82, 2.24) is 20.9 Å². The molecule has 236 valence electrons. The third-order valence-corrected chi connectivity index (χ3v) is 6.67. The molecule has 0 aliphatic heterocycles. The molecule has 0 spiro atoms. The number of amides is 4. The van der Waals surface area contributed by atoms with Crippen LogP contribution in [0.25, 0.3) is 10.9 Å². The Morgan fingerprint density at radius 2 is 1.53 bits per heavy atom. The second-order valence-electron chi connectivity index (χ2n) is 10.8. The Kier molecular flexibility index (Phi) is 13.4. The van der Waals surface area contributed by atoms with Crippen molar-refractivity contribution in [3.63, 3.8) is 0 Å². The van der Waals surface area contributed by atoms with Gasteiger partial charge in [0.1, 0.15) is 18.1 Å². The van der Waals surface area contributed by atoms with E-state index in [2.05, 4.69) is 25.9 Å². The zero-order chi connectivity index (χ0) is 32.1. The topological polar surface area (TPSA) is 274 Å². The number of fused-ring (bicyclic) bond motifs is 1. The fourth-order valence-corrected chi connectivity index (χ4v) is 4.45. The molecular formula is C28H43N9O6. The van der Waals surface area contributed by atoms with Crippen molar-refractivity contribution < 1.29 is 29.1 Å². The fraction of sp³-hybridized carbons (Fsp3) is 0.500. The van der Waals surface area contributed by atoms with Crippen LogP contribution in [0.2, 0.25) is 0 Å². The van der Waals surface area contributed by atoms with Crippen molar-refractivity contribution in [3.05, 3.63) is 36.0 Å². The molecule has 4 atom stereocenters. The molecule has 1 aromatic heterocycles. The lowest BCUT2D eigenvalue weighted by atomic mass is 10.00. The van der Waals surface area contributed by atoms with Crippen molar-refractivity contribution in [2.24, 2.45) is 33.8 Å². The average molecular weight is 602 g/mol. The Hall–Kier alpha value is -4.66. The number of carboxylic acid groups (broad SMARTS) is 1. The fourth-order valence-electron chi connectivity index (χ4n) is 4.45. The number of hydrogen-bond acceptors (Lipinski definition) is 7. The van der Waals surface area contributed by atoms with E-state index >= 15 is 0 Å². The first kappa shape index (κ1) is 34.5. The lowest BCUT2D eigenvalue weighted by Crippen LogP contribution is -2.57. The molecule has 2 rings (SSSR count). The predicted molar refractivity (Wildman–Crippen MR) is 161 cm³/mol. The van der Waals surface area contributed by atoms with Gasteiger partial charge in [0.2, 0.25) is 23.6 Å². The third kappa shape index (κ3) is 11.6. The second-order valence-corrected chi connectivity index (χ2v) is 10.8. The van der Waals surface area contributed by atoms with Gasteiger partial charge in [-0.25, -0.2) is 4.79 Å². The van der Waals surface area contributed by atoms with E-state index in [1.165, 1.54) is 0 Å². The molecule has 1 aromatic carbocycles. The highest BCUT2D eigenvalue weighted by molar-refractivity contribution is 5.94. The molecule has 0 fully saturated rings. The zero-order valence-electron chi connectivity index (χ0n) is 24.5. The van der Waals surface area contributed by atoms with E-state index in [0.717, 1.165) is 10.9 Å². The first-order valence-corrected chi connectivity index (χ1v) is 14.1. The Labute approximate surface area is 249 Å². The number of carbonyl (C=O) groups excluding carboxylic acids is 4. The number of carboxylic acids is 1. The molecule has 1 heterocycles. The smallest absolute Gasteiger partial charge is 0.326 e. The van der Waals surface area contributed by atoms with Crippen LogP contribution < -0.4 is 38.9 Å². The molecule has 2 aromatic rings. The minimum atomic E-state index is -1.27. The molecule has 0 saturated heterocycles. The van der Waals surface area contributed by atoms with Crippen LogP contribution in [0.4, 0.5) is 0 Å². The van der Waals surface area contributed by atoms with Crippen molar-refractivity contribution in [2.45, 2.75) is 76.5 Å². The number of nitrogens with two attached hydrogens (primary N) is 4. The molecule has 0 aliphatic rings. The maximum Gasteiger partial charge on any atom is 0.326 e. The average Bonchev–Trinajstić information content (AvgIpc) is 3.34. The monoisotopic (exact) mass is 601 g/mol. The highest BCUT2D eigenvalue weighted by Gasteiger charge is 2.31. The number of nitrogens with zero attached hydrogens (tertiary/aromatic N) is 1. The van der Waals surface area contributed by atoms with Crippen LogP contribution in [-0.4, -0.2) is 76.4 Å². The molecule has 4 unspecified atom stereocenters. The molecule has 0 bridgehead atoms. The summed E-state index contributed by atoms with van der Waals surface area (Å²) >= 11 is 0. The number of aromatic nitrogens is 1. The number of nitrogens with one attached hydrogen (secondary N) is 4. The summed E-state index contributed by atoms with van der Waals surface area (Å²) in [6.45, 7) is 3.87. The zero-order valence-corrected chi connectivity index (χ0v) is 24.5. The van der Waals surface area contributed by atoms with Crippen molar-refractivity contribution in [2.75, 3.05) is 6.54 Å². The lowest BCUT2D eigenvalue weighted by Gasteiger charge is -2.26. The van der Waals surface area contributed by atoms with Crippen LogP contribution in [0.1, 0.15) is 51.5 Å². The summed E-state index contributed by atoms with van der Waals surface area (Å²) in [4.78, 5) is 69.6. The Morgan fingerprint density at radius 1 is 0.907 bits per heavy atom. The van der Waals surface area contributed by atoms with Gasteiger partial charge < -0.3 is 49.0 Å². The number of aliphatic imine (C=N–C) groups is 1. The highest BCUT2D eigenvalue weighted by Crippen LogP contribution is 2.19. The van der Waals surface area contributed by atoms with Gasteiger partial charge in [0, 0.05) is 36.5 Å². The van der Waals surface area contributed by atoms with Crippen LogP contribution >= 0.6 is 0 Å². The quantitative estimate of drug-likeness (QED) is 0.0571. The van der Waals surface area contributed by atoms with E-state index in [1.54, 1.807) is 6.20 Å². The minimum Gasteiger partial charge on any atom is -0.480 e. The van der Waals surface area contributed by atoms with E-state index in [-0.39, 0.29) is 50.5 Å². The summed E-state index contributed by atoms with van der Waals surface area (Å²) in [5, 5.41) is 18.5. The maximum atomic E-state index is 13.4. The van der Waals surface area contributed by atoms with Crippen LogP contribution in [0.3, 0.4) is 0 Å². The first-order valence-electron chi connectivity index (χ1n) is 14.1. The molecule has 15 nitrogen and oxygen atoms in total. The Bertz CT molecular complexity index is 1300. The summed E-state index contributed by atoms with van der Waals surface area (Å²) in [6, 6.07) is 2.81. The predicted octanol–water partition coefficient (Wildman–Crippen LogP) is -1.06. The van der Waals surface area contributed by atoms with Crippen molar-refractivity contribution in [3.8, 4) is 0 Å². The Morgan fingerprint density at radius 3 is 2.16 bits per heavy atom. The summed E-state index contributed by atoms with van der Waals surface area (Å²) < 4.78 is 0. The van der Waals surface area contributed by atoms with E-state index in [4.69, 9.17) is 22.9 Å². The van der Waals surface area contributed by atoms with E-state index < -0.39 is 53.8 Å². The molecule has 0 saturated carbocycles. The first-order chi connectivity index (χ1) is 20.3. The SMILES string of the molecule is CC(C)CC(NC(=O)C(CCCN=C(N)N)NC(=O)C(N)CCC(N)=O)C(=O)NC(Cc1c[nH]c2ccccc12)C(=O)O. The summed E-state index contributed by atoms with van der Waals surface area (Å²) in [5.74, 6) is -4.08. The number of guanidine groups is 1. The van der Waals surface area contributed by atoms with Crippen LogP contribution in [-0.2, 0) is 30.4 Å². The van der Waals surface area contributed by atoms with Gasteiger partial charge in [0.25, 0.3) is 0 Å². The molecule has 0 radical (unpaired) electrons. The number of aromatic amines is 1. The number of benzene rings is 1. The Balaban J connectivity index is 2.19. The second kappa shape index (κ2) is 16.7. The van der Waals surface area contributed by atoms with Crippen molar-refractivity contribution >= 4 is 46.5 Å². The molecular weight excluding hydrogens is 558 g/mol. The number of carbonyl (C=O) groups is 5. The van der Waals surface area contributed by atoms with Crippen LogP contribution in [0.15, 0.2) is 35.5 Å². The number of primary amides is 1. The van der Waals surface area contributed by atoms with E-state index in [0.29, 0.717) is 12.0 Å². The number of hydrogen-bond donors (Lipinski definition) is 9. The molecule has 15 heteroatoms. The van der Waals surface area contributed by atoms with Gasteiger partial charge in [-0.2, -0.15) is 0 Å². The third-order valence-electron chi connectivity index (χ3n) is 6.67. The molecule has 0 aliphatic carbocycles. The number of rotatable bonds is 18. The van der Waals surface area contributed by atoms with Crippen molar-refractivity contribution in [1.29, 1.82) is 0 Å². The molecule has 13 N–H and O–H groups in total. The van der Waals surface area contributed by atoms with Gasteiger partial charge in [-0.05, 0) is 43.2 Å². The minimum absolute atomic E-state index is 0.0140. The van der Waals surface area contributed by atoms with E-state index in [1.807, 2.05) is 38.1 Å². The standard InChI is InChI=1S/C28H43N9O6/c1-15(2)12-21(26(41)37-22(27(42)43)13-16-14-34-19-7-4-3-6-17(16)19)36-25(40)20(8-5-11-33-28(31)32)35-24(39)18(29)9-10-23(30)38/h3-4,6-7,14-15,18,20-22,34H,5,8-13,29H2,1-2H3,(H2,30,38)(H,35,39)(H,36,40)(H,37,41)(H,42,43)(H4,31,32,33). The van der Waals surface area contributed by atoms with Gasteiger partial charge in [0.15, 0.2) is 5.96 Å². The number of para-hydroxylation sites is 1. The van der Waals surface area contributed by atoms with Crippen LogP contribution in [0.5, 0.6) is 0 Å². The summed E-state index contributed by atoms with van der Waals surface area (Å²) in [5.41, 5.74) is 23.3. The largest absolute Gasteiger partial charge is 0.480 e. The van der Waals surface area contributed by atoms with Gasteiger partial charge in [-0.3, -0.25) is 24.2 Å². The number of aliphatic carboxylic acids is 1. The molecule has 43 heavy (non-hydrogen) atoms. The van der Waals surface area contributed by atoms with Gasteiger partial charge in [-0.1, -0.05) is 32.0 Å². The van der Waals surface area contributed by atoms with Gasteiger partial charge in [-0.15, -0.1) is 0 Å². The van der Waals surface area contributed by atoms with Gasteiger partial charge in [0.05, 0.1) is 6.04 Å². The lowest BCUT2D eigenvalue weighted by molar-refractivity contribution is -0.142. The molecule has 4 amide bonds. The highest BCUT2D eigenvalue weighted by atomic mass is 16.4. The summed E-state index contributed by atoms with van der Waals surface area (Å²) in [6.07, 6.45) is 2.18. The summed E-state index contributed by atoms with van der Waals surface area (Å²) in [7, 11) is 0.